The largest absolute Gasteiger partial charge is 0.485 e. The number of hydrogen-bond donors (Lipinski definition) is 0. The molecule has 0 amide bonds. The first kappa shape index (κ1) is 16.4. The first-order valence-corrected chi connectivity index (χ1v) is 10.9. The van der Waals surface area contributed by atoms with Crippen molar-refractivity contribution in [1.29, 1.82) is 0 Å². The lowest BCUT2D eigenvalue weighted by Crippen LogP contribution is -2.14. The molecule has 134 valence electrons. The van der Waals surface area contributed by atoms with Crippen LogP contribution in [-0.4, -0.2) is 26.4 Å². The zero-order valence-corrected chi connectivity index (χ0v) is 16.9. The van der Waals surface area contributed by atoms with Crippen molar-refractivity contribution >= 4 is 34.0 Å². The van der Waals surface area contributed by atoms with Gasteiger partial charge in [-0.3, -0.25) is 0 Å². The molecule has 0 aliphatic carbocycles. The van der Waals surface area contributed by atoms with Crippen LogP contribution < -0.4 is 18.9 Å². The van der Waals surface area contributed by atoms with Crippen LogP contribution in [0.3, 0.4) is 0 Å². The van der Waals surface area contributed by atoms with E-state index in [1.165, 1.54) is 9.75 Å². The average Bonchev–Trinajstić information content (AvgIpc) is 3.20. The topological polar surface area (TPSA) is 36.9 Å². The number of hydrogen-bond acceptors (Lipinski definition) is 6. The molecule has 0 spiro atoms. The van der Waals surface area contributed by atoms with Gasteiger partial charge in [0.05, 0.1) is 0 Å². The molecule has 0 bridgehead atoms. The van der Waals surface area contributed by atoms with Gasteiger partial charge in [-0.2, -0.15) is 0 Å². The Hall–Kier alpha value is -1.83. The number of rotatable bonds is 2. The molecule has 0 unspecified atom stereocenters. The Morgan fingerprint density at radius 2 is 1.12 bits per heavy atom. The predicted molar refractivity (Wildman–Crippen MR) is 107 cm³/mol. The minimum Gasteiger partial charge on any atom is -0.485 e. The van der Waals surface area contributed by atoms with Gasteiger partial charge in [-0.05, 0) is 13.8 Å². The minimum atomic E-state index is 0.601. The standard InChI is InChI=1S/C19H17O4S3/c1-10-14-16(22-8-6-20-14)18(24-10)12-4-3-5-13(26-12)19-17-15(11(2)25-19)21-7-9-23-17/h3-5H,6-9H2,1-2H3/q+1. The third-order valence-corrected chi connectivity index (χ3v) is 7.87. The summed E-state index contributed by atoms with van der Waals surface area (Å²) in [5.74, 6) is 3.57. The molecule has 0 radical (unpaired) electrons. The van der Waals surface area contributed by atoms with Crippen molar-refractivity contribution in [3.8, 4) is 42.5 Å². The highest BCUT2D eigenvalue weighted by molar-refractivity contribution is 7.26. The second-order valence-corrected chi connectivity index (χ2v) is 9.57. The second-order valence-electron chi connectivity index (χ2n) is 6.04. The maximum absolute atomic E-state index is 5.92. The highest BCUT2D eigenvalue weighted by Crippen LogP contribution is 2.53. The molecule has 0 fully saturated rings. The van der Waals surface area contributed by atoms with E-state index in [9.17, 15) is 0 Å². The third kappa shape index (κ3) is 2.57. The molecule has 0 saturated carbocycles. The lowest BCUT2D eigenvalue weighted by atomic mass is 10.3. The van der Waals surface area contributed by atoms with Gasteiger partial charge in [0.1, 0.15) is 36.2 Å². The van der Waals surface area contributed by atoms with Crippen LogP contribution in [0.15, 0.2) is 18.2 Å². The van der Waals surface area contributed by atoms with Crippen molar-refractivity contribution in [2.45, 2.75) is 13.8 Å². The summed E-state index contributed by atoms with van der Waals surface area (Å²) >= 11 is 5.21. The molecule has 3 aromatic heterocycles. The van der Waals surface area contributed by atoms with Gasteiger partial charge in [-0.15, -0.1) is 22.7 Å². The number of ether oxygens (including phenoxy) is 4. The fraction of sp³-hybridized carbons (Fsp3) is 0.316. The molecule has 0 atom stereocenters. The summed E-state index contributed by atoms with van der Waals surface area (Å²) in [6, 6.07) is 6.38. The zero-order valence-electron chi connectivity index (χ0n) is 14.4. The van der Waals surface area contributed by atoms with Crippen molar-refractivity contribution in [2.75, 3.05) is 26.4 Å². The van der Waals surface area contributed by atoms with E-state index in [-0.39, 0.29) is 0 Å². The summed E-state index contributed by atoms with van der Waals surface area (Å²) in [6.07, 6.45) is 0. The van der Waals surface area contributed by atoms with E-state index < -0.39 is 0 Å². The number of aryl methyl sites for hydroxylation is 2. The van der Waals surface area contributed by atoms with Gasteiger partial charge in [0.15, 0.2) is 23.0 Å². The second kappa shape index (κ2) is 6.40. The Morgan fingerprint density at radius 1 is 0.692 bits per heavy atom. The zero-order chi connectivity index (χ0) is 17.7. The lowest BCUT2D eigenvalue weighted by molar-refractivity contribution is 0.173. The van der Waals surface area contributed by atoms with E-state index >= 15 is 0 Å². The maximum Gasteiger partial charge on any atom is 0.252 e. The van der Waals surface area contributed by atoms with Crippen LogP contribution >= 0.6 is 34.0 Å². The van der Waals surface area contributed by atoms with Crippen molar-refractivity contribution in [3.05, 3.63) is 28.0 Å². The van der Waals surface area contributed by atoms with Crippen LogP contribution in [0, 0.1) is 13.8 Å². The Morgan fingerprint density at radius 3 is 1.58 bits per heavy atom. The quantitative estimate of drug-likeness (QED) is 0.517. The fourth-order valence-corrected chi connectivity index (χ4v) is 6.49. The molecule has 0 saturated heterocycles. The Labute approximate surface area is 163 Å². The van der Waals surface area contributed by atoms with Crippen LogP contribution in [-0.2, 0) is 0 Å². The molecular formula is C19H17O4S3+. The van der Waals surface area contributed by atoms with Crippen LogP contribution in [0.25, 0.3) is 19.5 Å². The van der Waals surface area contributed by atoms with Gasteiger partial charge < -0.3 is 18.9 Å². The monoisotopic (exact) mass is 405 g/mol. The molecule has 5 rings (SSSR count). The van der Waals surface area contributed by atoms with Gasteiger partial charge in [0, 0.05) is 21.9 Å². The molecule has 2 aliphatic heterocycles. The van der Waals surface area contributed by atoms with E-state index in [2.05, 4.69) is 32.0 Å². The summed E-state index contributed by atoms with van der Waals surface area (Å²) < 4.78 is 23.4. The summed E-state index contributed by atoms with van der Waals surface area (Å²) in [7, 11) is 0. The first-order chi connectivity index (χ1) is 12.7. The molecule has 7 heteroatoms. The Kier molecular flexibility index (Phi) is 4.03. The van der Waals surface area contributed by atoms with Crippen LogP contribution in [0.4, 0.5) is 0 Å². The summed E-state index contributed by atoms with van der Waals surface area (Å²) in [5.41, 5.74) is 0. The van der Waals surface area contributed by atoms with Crippen LogP contribution in [0.5, 0.6) is 23.0 Å². The molecule has 2 aliphatic rings. The minimum absolute atomic E-state index is 0.601. The Balaban J connectivity index is 1.61. The fourth-order valence-electron chi connectivity index (χ4n) is 3.17. The van der Waals surface area contributed by atoms with E-state index in [1.807, 2.05) is 0 Å². The van der Waals surface area contributed by atoms with E-state index in [1.54, 1.807) is 34.0 Å². The summed E-state index contributed by atoms with van der Waals surface area (Å²) in [6.45, 7) is 6.60. The average molecular weight is 406 g/mol. The van der Waals surface area contributed by atoms with Crippen LogP contribution in [0.2, 0.25) is 0 Å². The van der Waals surface area contributed by atoms with Crippen molar-refractivity contribution < 1.29 is 18.9 Å². The molecular weight excluding hydrogens is 388 g/mol. The predicted octanol–water partition coefficient (Wildman–Crippen LogP) is 5.65. The highest BCUT2D eigenvalue weighted by atomic mass is 32.1. The molecule has 5 heterocycles. The highest BCUT2D eigenvalue weighted by Gasteiger charge is 2.31. The first-order valence-electron chi connectivity index (χ1n) is 8.44. The molecule has 0 N–H and O–H groups in total. The smallest absolute Gasteiger partial charge is 0.252 e. The molecule has 26 heavy (non-hydrogen) atoms. The van der Waals surface area contributed by atoms with Crippen molar-refractivity contribution in [1.82, 2.24) is 0 Å². The van der Waals surface area contributed by atoms with Gasteiger partial charge in [0.2, 0.25) is 11.3 Å². The van der Waals surface area contributed by atoms with E-state index in [0.717, 1.165) is 42.5 Å². The molecule has 4 nitrogen and oxygen atoms in total. The van der Waals surface area contributed by atoms with E-state index in [0.29, 0.717) is 26.4 Å². The number of fused-ring (bicyclic) bond motifs is 2. The summed E-state index contributed by atoms with van der Waals surface area (Å²) in [5, 5.41) is 0. The number of thiophene rings is 2. The Bertz CT molecular complexity index is 914. The van der Waals surface area contributed by atoms with Crippen LogP contribution in [0.1, 0.15) is 9.75 Å². The van der Waals surface area contributed by atoms with Gasteiger partial charge in [-0.1, -0.05) is 6.07 Å². The SMILES string of the molecule is Cc1sc(-c2cccc(-c3sc(C)c4c3OCCO4)[s+]2)c2c1OCCO2. The summed E-state index contributed by atoms with van der Waals surface area (Å²) in [4.78, 5) is 6.96. The molecule has 0 aromatic carbocycles. The van der Waals surface area contributed by atoms with Crippen molar-refractivity contribution in [2.24, 2.45) is 0 Å². The molecule has 3 aromatic rings. The van der Waals surface area contributed by atoms with Gasteiger partial charge in [-0.25, -0.2) is 0 Å². The van der Waals surface area contributed by atoms with Gasteiger partial charge in [0.25, 0.3) is 9.75 Å². The third-order valence-electron chi connectivity index (χ3n) is 4.29. The van der Waals surface area contributed by atoms with Gasteiger partial charge >= 0.3 is 0 Å². The van der Waals surface area contributed by atoms with E-state index in [4.69, 9.17) is 18.9 Å². The lowest BCUT2D eigenvalue weighted by Gasteiger charge is -2.16. The maximum atomic E-state index is 5.92. The normalized spacial score (nSPS) is 15.2. The van der Waals surface area contributed by atoms with Crippen molar-refractivity contribution in [3.63, 3.8) is 0 Å².